The molecule has 0 fully saturated rings. The first kappa shape index (κ1) is 13.6. The Hall–Kier alpha value is -1.35. The fraction of sp³-hybridized carbons (Fsp3) is 0.294. The van der Waals surface area contributed by atoms with Crippen LogP contribution < -0.4 is 4.90 Å². The molecule has 0 unspecified atom stereocenters. The van der Waals surface area contributed by atoms with Crippen LogP contribution in [0, 0.1) is 5.82 Å². The van der Waals surface area contributed by atoms with Crippen molar-refractivity contribution in [1.29, 1.82) is 0 Å². The Labute approximate surface area is 127 Å². The number of anilines is 1. The Balaban J connectivity index is 1.91. The number of rotatable bonds is 2. The minimum Gasteiger partial charge on any atom is -0.368 e. The van der Waals surface area contributed by atoms with E-state index in [0.29, 0.717) is 5.33 Å². The van der Waals surface area contributed by atoms with Crippen LogP contribution in [0.15, 0.2) is 42.5 Å². The quantitative estimate of drug-likeness (QED) is 0.739. The van der Waals surface area contributed by atoms with Crippen molar-refractivity contribution >= 4 is 21.6 Å². The van der Waals surface area contributed by atoms with Crippen molar-refractivity contribution in [1.82, 2.24) is 0 Å². The first-order chi connectivity index (χ1) is 9.79. The molecule has 1 nitrogen and oxygen atoms in total. The van der Waals surface area contributed by atoms with Crippen molar-refractivity contribution in [3.8, 4) is 0 Å². The van der Waals surface area contributed by atoms with E-state index >= 15 is 0 Å². The van der Waals surface area contributed by atoms with E-state index in [1.54, 1.807) is 12.1 Å². The molecule has 0 bridgehead atoms. The molecule has 2 aromatic carbocycles. The van der Waals surface area contributed by atoms with Crippen LogP contribution in [0.3, 0.4) is 0 Å². The van der Waals surface area contributed by atoms with E-state index < -0.39 is 0 Å². The average molecular weight is 334 g/mol. The minimum absolute atomic E-state index is 0.118. The predicted molar refractivity (Wildman–Crippen MR) is 85.1 cm³/mol. The van der Waals surface area contributed by atoms with Gasteiger partial charge < -0.3 is 4.90 Å². The Morgan fingerprint density at radius 2 is 1.60 bits per heavy atom. The van der Waals surface area contributed by atoms with Gasteiger partial charge in [0.2, 0.25) is 0 Å². The lowest BCUT2D eigenvalue weighted by Gasteiger charge is -2.25. The summed E-state index contributed by atoms with van der Waals surface area (Å²) in [4.78, 5) is 2.19. The summed E-state index contributed by atoms with van der Waals surface area (Å²) >= 11 is 3.46. The van der Waals surface area contributed by atoms with Gasteiger partial charge in [0.05, 0.1) is 5.69 Å². The third-order valence-electron chi connectivity index (χ3n) is 3.95. The van der Waals surface area contributed by atoms with Crippen LogP contribution in [0.25, 0.3) is 0 Å². The molecule has 0 saturated heterocycles. The Morgan fingerprint density at radius 3 is 2.20 bits per heavy atom. The summed E-state index contributed by atoms with van der Waals surface area (Å²) in [7, 11) is 0. The summed E-state index contributed by atoms with van der Waals surface area (Å²) in [6, 6.07) is 13.9. The number of fused-ring (bicyclic) bond motifs is 1. The summed E-state index contributed by atoms with van der Waals surface area (Å²) in [6.45, 7) is 1.75. The summed E-state index contributed by atoms with van der Waals surface area (Å²) < 4.78 is 14.2. The van der Waals surface area contributed by atoms with Gasteiger partial charge in [-0.1, -0.05) is 52.3 Å². The van der Waals surface area contributed by atoms with E-state index in [-0.39, 0.29) is 5.82 Å². The monoisotopic (exact) mass is 333 g/mol. The van der Waals surface area contributed by atoms with E-state index in [1.807, 2.05) is 6.07 Å². The first-order valence-corrected chi connectivity index (χ1v) is 8.07. The van der Waals surface area contributed by atoms with Gasteiger partial charge in [-0.25, -0.2) is 4.39 Å². The van der Waals surface area contributed by atoms with Crippen molar-refractivity contribution in [3.05, 3.63) is 65.0 Å². The number of para-hydroxylation sites is 1. The van der Waals surface area contributed by atoms with Gasteiger partial charge in [-0.05, 0) is 35.6 Å². The minimum atomic E-state index is -0.118. The number of benzene rings is 2. The maximum absolute atomic E-state index is 14.2. The standard InChI is InChI=1S/C17H17BrFN/c18-12-15-6-3-7-16(19)17(15)20-10-8-13-4-1-2-5-14(13)9-11-20/h1-7H,8-12H2. The lowest BCUT2D eigenvalue weighted by molar-refractivity contribution is 0.615. The van der Waals surface area contributed by atoms with Crippen LogP contribution in [0.1, 0.15) is 16.7 Å². The number of hydrogen-bond donors (Lipinski definition) is 0. The topological polar surface area (TPSA) is 3.24 Å². The summed E-state index contributed by atoms with van der Waals surface area (Å²) in [5.41, 5.74) is 4.58. The first-order valence-electron chi connectivity index (χ1n) is 6.94. The maximum Gasteiger partial charge on any atom is 0.146 e. The molecule has 0 spiro atoms. The molecule has 0 N–H and O–H groups in total. The molecule has 0 saturated carbocycles. The highest BCUT2D eigenvalue weighted by Gasteiger charge is 2.19. The molecule has 1 aliphatic rings. The molecular weight excluding hydrogens is 317 g/mol. The van der Waals surface area contributed by atoms with Gasteiger partial charge in [-0.2, -0.15) is 0 Å². The zero-order valence-electron chi connectivity index (χ0n) is 11.3. The predicted octanol–water partition coefficient (Wildman–Crippen LogP) is 4.33. The number of nitrogens with zero attached hydrogens (tertiary/aromatic N) is 1. The zero-order chi connectivity index (χ0) is 13.9. The van der Waals surface area contributed by atoms with Gasteiger partial charge in [-0.3, -0.25) is 0 Å². The van der Waals surface area contributed by atoms with Crippen molar-refractivity contribution in [2.24, 2.45) is 0 Å². The smallest absolute Gasteiger partial charge is 0.146 e. The average Bonchev–Trinajstić information content (AvgIpc) is 2.69. The lowest BCUT2D eigenvalue weighted by atomic mass is 10.0. The van der Waals surface area contributed by atoms with Crippen molar-refractivity contribution in [3.63, 3.8) is 0 Å². The summed E-state index contributed by atoms with van der Waals surface area (Å²) in [5, 5.41) is 0.684. The van der Waals surface area contributed by atoms with Gasteiger partial charge in [0.25, 0.3) is 0 Å². The van der Waals surface area contributed by atoms with Crippen molar-refractivity contribution in [2.45, 2.75) is 18.2 Å². The molecule has 104 valence electrons. The highest BCUT2D eigenvalue weighted by Crippen LogP contribution is 2.28. The van der Waals surface area contributed by atoms with E-state index in [4.69, 9.17) is 0 Å². The molecule has 1 aliphatic heterocycles. The van der Waals surface area contributed by atoms with Crippen molar-refractivity contribution < 1.29 is 4.39 Å². The molecule has 0 amide bonds. The normalized spacial score (nSPS) is 14.8. The van der Waals surface area contributed by atoms with Gasteiger partial charge in [0.1, 0.15) is 5.82 Å². The highest BCUT2D eigenvalue weighted by molar-refractivity contribution is 9.08. The zero-order valence-corrected chi connectivity index (χ0v) is 12.9. The van der Waals surface area contributed by atoms with E-state index in [1.165, 1.54) is 11.1 Å². The molecule has 2 aromatic rings. The molecule has 0 aromatic heterocycles. The Morgan fingerprint density at radius 1 is 0.950 bits per heavy atom. The number of halogens is 2. The Bertz CT molecular complexity index is 585. The van der Waals surface area contributed by atoms with Crippen LogP contribution >= 0.6 is 15.9 Å². The highest BCUT2D eigenvalue weighted by atomic mass is 79.9. The fourth-order valence-corrected chi connectivity index (χ4v) is 3.37. The molecular formula is C17H17BrFN. The lowest BCUT2D eigenvalue weighted by Crippen LogP contribution is -2.28. The summed E-state index contributed by atoms with van der Waals surface area (Å²) in [5.74, 6) is -0.118. The molecule has 3 heteroatoms. The Kier molecular flexibility index (Phi) is 4.06. The van der Waals surface area contributed by atoms with Gasteiger partial charge in [0, 0.05) is 18.4 Å². The van der Waals surface area contributed by atoms with Crippen LogP contribution in [0.5, 0.6) is 0 Å². The van der Waals surface area contributed by atoms with Gasteiger partial charge >= 0.3 is 0 Å². The van der Waals surface area contributed by atoms with E-state index in [9.17, 15) is 4.39 Å². The van der Waals surface area contributed by atoms with Crippen molar-refractivity contribution in [2.75, 3.05) is 18.0 Å². The SMILES string of the molecule is Fc1cccc(CBr)c1N1CCc2ccccc2CC1. The number of hydrogen-bond acceptors (Lipinski definition) is 1. The summed E-state index contributed by atoms with van der Waals surface area (Å²) in [6.07, 6.45) is 1.96. The second kappa shape index (κ2) is 5.96. The van der Waals surface area contributed by atoms with E-state index in [0.717, 1.165) is 37.2 Å². The number of alkyl halides is 1. The third-order valence-corrected chi connectivity index (χ3v) is 4.56. The molecule has 20 heavy (non-hydrogen) atoms. The fourth-order valence-electron chi connectivity index (χ4n) is 2.91. The largest absolute Gasteiger partial charge is 0.368 e. The van der Waals surface area contributed by atoms with Crippen LogP contribution in [-0.2, 0) is 18.2 Å². The molecule has 0 radical (unpaired) electrons. The molecule has 1 heterocycles. The maximum atomic E-state index is 14.2. The van der Waals surface area contributed by atoms with Gasteiger partial charge in [-0.15, -0.1) is 0 Å². The van der Waals surface area contributed by atoms with Gasteiger partial charge in [0.15, 0.2) is 0 Å². The van der Waals surface area contributed by atoms with Crippen LogP contribution in [0.2, 0.25) is 0 Å². The second-order valence-corrected chi connectivity index (χ2v) is 5.70. The molecule has 0 aliphatic carbocycles. The van der Waals surface area contributed by atoms with Crippen LogP contribution in [-0.4, -0.2) is 13.1 Å². The molecule has 0 atom stereocenters. The molecule has 3 rings (SSSR count). The van der Waals surface area contributed by atoms with E-state index in [2.05, 4.69) is 45.1 Å². The van der Waals surface area contributed by atoms with Crippen LogP contribution in [0.4, 0.5) is 10.1 Å². The third kappa shape index (κ3) is 2.59. The second-order valence-electron chi connectivity index (χ2n) is 5.14.